The van der Waals surface area contributed by atoms with E-state index in [1.165, 1.54) is 6.20 Å². The van der Waals surface area contributed by atoms with E-state index in [1.54, 1.807) is 6.20 Å². The van der Waals surface area contributed by atoms with Gasteiger partial charge in [0, 0.05) is 3.57 Å². The minimum absolute atomic E-state index is 0.223. The van der Waals surface area contributed by atoms with Crippen LogP contribution in [0.25, 0.3) is 0 Å². The minimum atomic E-state index is 0.223. The van der Waals surface area contributed by atoms with Crippen molar-refractivity contribution in [1.29, 1.82) is 0 Å². The first kappa shape index (κ1) is 13.4. The van der Waals surface area contributed by atoms with Gasteiger partial charge in [-0.1, -0.05) is 23.8 Å². The molecular weight excluding hydrogens is 383 g/mol. The van der Waals surface area contributed by atoms with Gasteiger partial charge in [-0.15, -0.1) is 0 Å². The van der Waals surface area contributed by atoms with Gasteiger partial charge in [0.2, 0.25) is 0 Å². The number of rotatable bonds is 3. The molecule has 7 heteroatoms. The molecule has 0 aliphatic carbocycles. The number of hydrogen-bond donors (Lipinski definition) is 2. The molecule has 4 nitrogen and oxygen atoms in total. The number of anilines is 2. The van der Waals surface area contributed by atoms with Crippen molar-refractivity contribution in [2.24, 2.45) is 5.73 Å². The van der Waals surface area contributed by atoms with Gasteiger partial charge in [-0.3, -0.25) is 0 Å². The molecule has 0 aliphatic heterocycles. The molecule has 1 aromatic carbocycles. The molecule has 0 saturated heterocycles. The molecule has 1 heterocycles. The second kappa shape index (κ2) is 5.77. The first-order chi connectivity index (χ1) is 8.56. The second-order valence-corrected chi connectivity index (χ2v) is 5.49. The molecule has 1 aromatic heterocycles. The molecule has 0 unspecified atom stereocenters. The number of thiocarbonyl (C=S) groups is 1. The van der Waals surface area contributed by atoms with Gasteiger partial charge in [0.25, 0.3) is 0 Å². The summed E-state index contributed by atoms with van der Waals surface area (Å²) in [7, 11) is 0. The van der Waals surface area contributed by atoms with E-state index in [0.717, 1.165) is 9.26 Å². The van der Waals surface area contributed by atoms with Crippen molar-refractivity contribution in [3.05, 3.63) is 44.9 Å². The summed E-state index contributed by atoms with van der Waals surface area (Å²) >= 11 is 13.1. The number of nitrogens with one attached hydrogen (secondary N) is 1. The Labute approximate surface area is 128 Å². The molecule has 18 heavy (non-hydrogen) atoms. The third-order valence-electron chi connectivity index (χ3n) is 2.10. The molecular formula is C11H8ClIN4S. The third-order valence-corrected chi connectivity index (χ3v) is 3.29. The fourth-order valence-electron chi connectivity index (χ4n) is 1.25. The lowest BCUT2D eigenvalue weighted by Crippen LogP contribution is -2.12. The summed E-state index contributed by atoms with van der Waals surface area (Å²) in [4.78, 5) is 8.47. The SMILES string of the molecule is NC(=S)c1cnc(Nc2ccc(I)cc2Cl)cn1. The summed E-state index contributed by atoms with van der Waals surface area (Å²) in [5.41, 5.74) is 6.71. The standard InChI is InChI=1S/C11H8ClIN4S/c12-7-3-6(13)1-2-8(7)17-10-5-15-9(4-16-10)11(14)18/h1-5H,(H2,14,18)(H,16,17). The Bertz CT molecular complexity index is 588. The van der Waals surface area contributed by atoms with Gasteiger partial charge in [-0.05, 0) is 40.8 Å². The fraction of sp³-hybridized carbons (Fsp3) is 0. The van der Waals surface area contributed by atoms with Gasteiger partial charge in [0.15, 0.2) is 0 Å². The summed E-state index contributed by atoms with van der Waals surface area (Å²) in [6.07, 6.45) is 3.08. The maximum Gasteiger partial charge on any atom is 0.148 e. The second-order valence-electron chi connectivity index (χ2n) is 3.40. The van der Waals surface area contributed by atoms with E-state index in [4.69, 9.17) is 29.6 Å². The number of halogens is 2. The van der Waals surface area contributed by atoms with Crippen LogP contribution in [-0.4, -0.2) is 15.0 Å². The lowest BCUT2D eigenvalue weighted by atomic mass is 10.3. The average Bonchev–Trinajstić information content (AvgIpc) is 2.33. The first-order valence-corrected chi connectivity index (χ1v) is 6.76. The van der Waals surface area contributed by atoms with Crippen LogP contribution in [0.5, 0.6) is 0 Å². The van der Waals surface area contributed by atoms with Crippen molar-refractivity contribution in [3.8, 4) is 0 Å². The van der Waals surface area contributed by atoms with Crippen LogP contribution in [0.2, 0.25) is 5.02 Å². The van der Waals surface area contributed by atoms with Gasteiger partial charge < -0.3 is 11.1 Å². The summed E-state index contributed by atoms with van der Waals surface area (Å²) in [6, 6.07) is 5.69. The van der Waals surface area contributed by atoms with Crippen molar-refractivity contribution in [3.63, 3.8) is 0 Å². The highest BCUT2D eigenvalue weighted by Gasteiger charge is 2.04. The van der Waals surface area contributed by atoms with Crippen molar-refractivity contribution < 1.29 is 0 Å². The molecule has 0 fully saturated rings. The number of nitrogens with zero attached hydrogens (tertiary/aromatic N) is 2. The Kier molecular flexibility index (Phi) is 4.31. The Hall–Kier alpha value is -0.990. The maximum absolute atomic E-state index is 6.10. The van der Waals surface area contributed by atoms with E-state index in [0.29, 0.717) is 16.5 Å². The molecule has 2 aromatic rings. The van der Waals surface area contributed by atoms with Crippen LogP contribution in [0.4, 0.5) is 11.5 Å². The minimum Gasteiger partial charge on any atom is -0.388 e. The smallest absolute Gasteiger partial charge is 0.148 e. The maximum atomic E-state index is 6.10. The van der Waals surface area contributed by atoms with Crippen LogP contribution in [0, 0.1) is 3.57 Å². The van der Waals surface area contributed by atoms with Crippen LogP contribution in [0.1, 0.15) is 5.69 Å². The van der Waals surface area contributed by atoms with Crippen molar-refractivity contribution in [1.82, 2.24) is 9.97 Å². The van der Waals surface area contributed by atoms with Gasteiger partial charge in [-0.2, -0.15) is 0 Å². The molecule has 0 atom stereocenters. The van der Waals surface area contributed by atoms with Crippen LogP contribution < -0.4 is 11.1 Å². The highest BCUT2D eigenvalue weighted by atomic mass is 127. The largest absolute Gasteiger partial charge is 0.388 e. The predicted molar refractivity (Wildman–Crippen MR) is 85.4 cm³/mol. The lowest BCUT2D eigenvalue weighted by molar-refractivity contribution is 1.18. The fourth-order valence-corrected chi connectivity index (χ4v) is 2.26. The van der Waals surface area contributed by atoms with Gasteiger partial charge in [-0.25, -0.2) is 9.97 Å². The molecule has 0 bridgehead atoms. The van der Waals surface area contributed by atoms with Gasteiger partial charge in [0.1, 0.15) is 16.5 Å². The Morgan fingerprint density at radius 3 is 2.67 bits per heavy atom. The predicted octanol–water partition coefficient (Wildman–Crippen LogP) is 3.11. The zero-order valence-electron chi connectivity index (χ0n) is 9.02. The van der Waals surface area contributed by atoms with Crippen molar-refractivity contribution >= 4 is 62.9 Å². The van der Waals surface area contributed by atoms with Gasteiger partial charge in [0.05, 0.1) is 23.1 Å². The Morgan fingerprint density at radius 2 is 2.11 bits per heavy atom. The zero-order chi connectivity index (χ0) is 13.1. The number of benzene rings is 1. The molecule has 0 saturated carbocycles. The van der Waals surface area contributed by atoms with Crippen molar-refractivity contribution in [2.45, 2.75) is 0 Å². The Morgan fingerprint density at radius 1 is 1.33 bits per heavy atom. The summed E-state index contributed by atoms with van der Waals surface area (Å²) in [5, 5.41) is 3.70. The molecule has 0 amide bonds. The van der Waals surface area contributed by atoms with E-state index < -0.39 is 0 Å². The van der Waals surface area contributed by atoms with Crippen LogP contribution >= 0.6 is 46.4 Å². The van der Waals surface area contributed by atoms with E-state index in [9.17, 15) is 0 Å². The topological polar surface area (TPSA) is 63.8 Å². The summed E-state index contributed by atoms with van der Waals surface area (Å²) < 4.78 is 1.07. The van der Waals surface area contributed by atoms with E-state index in [1.807, 2.05) is 18.2 Å². The number of hydrogen-bond acceptors (Lipinski definition) is 4. The van der Waals surface area contributed by atoms with Crippen LogP contribution in [-0.2, 0) is 0 Å². The van der Waals surface area contributed by atoms with Crippen molar-refractivity contribution in [2.75, 3.05) is 5.32 Å². The zero-order valence-corrected chi connectivity index (χ0v) is 12.8. The monoisotopic (exact) mass is 390 g/mol. The highest BCUT2D eigenvalue weighted by molar-refractivity contribution is 14.1. The van der Waals surface area contributed by atoms with E-state index in [-0.39, 0.29) is 4.99 Å². The molecule has 0 spiro atoms. The lowest BCUT2D eigenvalue weighted by Gasteiger charge is -2.07. The Balaban J connectivity index is 2.21. The molecule has 3 N–H and O–H groups in total. The van der Waals surface area contributed by atoms with Crippen LogP contribution in [0.15, 0.2) is 30.6 Å². The summed E-state index contributed by atoms with van der Waals surface area (Å²) in [5.74, 6) is 0.582. The molecule has 2 rings (SSSR count). The first-order valence-electron chi connectivity index (χ1n) is 4.90. The highest BCUT2D eigenvalue weighted by Crippen LogP contribution is 2.26. The quantitative estimate of drug-likeness (QED) is 0.623. The van der Waals surface area contributed by atoms with Gasteiger partial charge >= 0.3 is 0 Å². The third kappa shape index (κ3) is 3.27. The molecule has 0 radical (unpaired) electrons. The number of nitrogens with two attached hydrogens (primary N) is 1. The normalized spacial score (nSPS) is 10.1. The summed E-state index contributed by atoms with van der Waals surface area (Å²) in [6.45, 7) is 0. The van der Waals surface area contributed by atoms with Crippen LogP contribution in [0.3, 0.4) is 0 Å². The van der Waals surface area contributed by atoms with E-state index in [2.05, 4.69) is 37.9 Å². The molecule has 0 aliphatic rings. The average molecular weight is 391 g/mol. The van der Waals surface area contributed by atoms with E-state index >= 15 is 0 Å². The molecule has 92 valence electrons. The number of aromatic nitrogens is 2.